The van der Waals surface area contributed by atoms with Crippen molar-refractivity contribution in [1.29, 1.82) is 0 Å². The number of ether oxygens (including phenoxy) is 3. The topological polar surface area (TPSA) is 104 Å². The predicted molar refractivity (Wildman–Crippen MR) is 183 cm³/mol. The molecule has 0 amide bonds. The minimum absolute atomic E-state index is 0. The van der Waals surface area contributed by atoms with Gasteiger partial charge in [0.1, 0.15) is 0 Å². The number of hydrogen-bond donors (Lipinski definition) is 1. The quantitative estimate of drug-likeness (QED) is 0.148. The second kappa shape index (κ2) is 15.6. The number of nitrogen functional groups attached to an aromatic ring is 1. The third-order valence-corrected chi connectivity index (χ3v) is 8.93. The van der Waals surface area contributed by atoms with Gasteiger partial charge in [-0.2, -0.15) is 4.31 Å². The number of methoxy groups -OCH3 is 3. The van der Waals surface area contributed by atoms with Gasteiger partial charge in [-0.3, -0.25) is 4.98 Å². The molecule has 5 aromatic rings. The van der Waals surface area contributed by atoms with Gasteiger partial charge in [0, 0.05) is 31.2 Å². The molecular weight excluding hydrogens is 633 g/mol. The molecule has 2 N–H and O–H groups in total. The number of sulfonamides is 1. The van der Waals surface area contributed by atoms with Crippen LogP contribution in [-0.4, -0.2) is 39.0 Å². The molecule has 0 saturated carbocycles. The Kier molecular flexibility index (Phi) is 12.2. The minimum Gasteiger partial charge on any atom is -0.493 e. The van der Waals surface area contributed by atoms with Crippen LogP contribution in [0.5, 0.6) is 17.2 Å². The number of nitrogens with two attached hydrogens (primary N) is 1. The van der Waals surface area contributed by atoms with E-state index >= 15 is 0 Å². The molecule has 0 saturated heterocycles. The molecule has 0 bridgehead atoms. The van der Waals surface area contributed by atoms with Crippen molar-refractivity contribution in [2.24, 2.45) is 0 Å². The highest BCUT2D eigenvalue weighted by Gasteiger charge is 2.25. The van der Waals surface area contributed by atoms with Gasteiger partial charge < -0.3 is 19.9 Å². The highest BCUT2D eigenvalue weighted by molar-refractivity contribution is 7.89. The average Bonchev–Trinajstić information content (AvgIpc) is 3.05. The van der Waals surface area contributed by atoms with Gasteiger partial charge in [-0.25, -0.2) is 8.42 Å². The standard InChI is InChI=1S/C34H33N3O5S.2ClH/c1-40-32-19-29(20-33(41-2)34(32)42-3)28-12-16-31(17-13-28)43(38,39)37(23-25-5-4-18-36-21-25)22-24-6-8-26(9-7-24)27-10-14-30(35)15-11-27;;/h4-21H,22-23,35H2,1-3H3;2*1H. The summed E-state index contributed by atoms with van der Waals surface area (Å²) in [5.41, 5.74) is 11.8. The Bertz CT molecular complexity index is 1760. The Labute approximate surface area is 276 Å². The second-order valence-corrected chi connectivity index (χ2v) is 11.8. The zero-order valence-corrected chi connectivity index (χ0v) is 27.5. The predicted octanol–water partition coefficient (Wildman–Crippen LogP) is 7.26. The first-order valence-corrected chi connectivity index (χ1v) is 15.0. The zero-order valence-electron chi connectivity index (χ0n) is 25.0. The average molecular weight is 669 g/mol. The maximum absolute atomic E-state index is 14.0. The van der Waals surface area contributed by atoms with Gasteiger partial charge in [0.15, 0.2) is 11.5 Å². The summed E-state index contributed by atoms with van der Waals surface area (Å²) in [7, 11) is 0.779. The molecule has 1 heterocycles. The van der Waals surface area contributed by atoms with Crippen LogP contribution in [0.1, 0.15) is 11.1 Å². The van der Waals surface area contributed by atoms with Gasteiger partial charge in [-0.05, 0) is 75.8 Å². The highest BCUT2D eigenvalue weighted by Crippen LogP contribution is 2.41. The summed E-state index contributed by atoms with van der Waals surface area (Å²) in [6.45, 7) is 0.360. The van der Waals surface area contributed by atoms with E-state index in [1.165, 1.54) is 4.31 Å². The molecule has 0 atom stereocenters. The normalized spacial score (nSPS) is 10.8. The van der Waals surface area contributed by atoms with Crippen LogP contribution in [0.4, 0.5) is 5.69 Å². The Balaban J connectivity index is 0.00000276. The summed E-state index contributed by atoms with van der Waals surface area (Å²) in [5.74, 6) is 1.51. The number of pyridine rings is 1. The van der Waals surface area contributed by atoms with Crippen LogP contribution < -0.4 is 19.9 Å². The number of halogens is 2. The van der Waals surface area contributed by atoms with E-state index in [4.69, 9.17) is 19.9 Å². The minimum atomic E-state index is -3.88. The Morgan fingerprint density at radius 3 is 1.69 bits per heavy atom. The zero-order chi connectivity index (χ0) is 30.4. The van der Waals surface area contributed by atoms with Crippen LogP contribution in [0.2, 0.25) is 0 Å². The fourth-order valence-electron chi connectivity index (χ4n) is 4.82. The van der Waals surface area contributed by atoms with E-state index in [9.17, 15) is 8.42 Å². The van der Waals surface area contributed by atoms with Crippen LogP contribution in [0.15, 0.2) is 114 Å². The van der Waals surface area contributed by atoms with Crippen molar-refractivity contribution in [2.75, 3.05) is 27.1 Å². The lowest BCUT2D eigenvalue weighted by molar-refractivity contribution is 0.324. The van der Waals surface area contributed by atoms with Gasteiger partial charge in [-0.15, -0.1) is 24.8 Å². The van der Waals surface area contributed by atoms with Crippen molar-refractivity contribution in [3.8, 4) is 39.5 Å². The van der Waals surface area contributed by atoms with Crippen molar-refractivity contribution in [3.63, 3.8) is 0 Å². The van der Waals surface area contributed by atoms with Gasteiger partial charge in [-0.1, -0.05) is 54.6 Å². The highest BCUT2D eigenvalue weighted by atomic mass is 35.5. The van der Waals surface area contributed by atoms with E-state index in [1.54, 1.807) is 64.1 Å². The van der Waals surface area contributed by atoms with Crippen LogP contribution in [0.3, 0.4) is 0 Å². The van der Waals surface area contributed by atoms with Gasteiger partial charge in [0.05, 0.1) is 26.2 Å². The molecule has 4 aromatic carbocycles. The summed E-state index contributed by atoms with van der Waals surface area (Å²) >= 11 is 0. The summed E-state index contributed by atoms with van der Waals surface area (Å²) in [4.78, 5) is 4.36. The fourth-order valence-corrected chi connectivity index (χ4v) is 6.24. The van der Waals surface area contributed by atoms with Gasteiger partial charge >= 0.3 is 0 Å². The fraction of sp³-hybridized carbons (Fsp3) is 0.147. The molecule has 0 aliphatic heterocycles. The van der Waals surface area contributed by atoms with Crippen LogP contribution in [-0.2, 0) is 23.1 Å². The molecular formula is C34H35Cl2N3O5S. The number of hydrogen-bond acceptors (Lipinski definition) is 7. The molecule has 236 valence electrons. The van der Waals surface area contributed by atoms with Crippen molar-refractivity contribution in [3.05, 3.63) is 121 Å². The summed E-state index contributed by atoms with van der Waals surface area (Å²) in [5, 5.41) is 0. The monoisotopic (exact) mass is 667 g/mol. The lowest BCUT2D eigenvalue weighted by Gasteiger charge is -2.23. The third kappa shape index (κ3) is 8.06. The molecule has 5 rings (SSSR count). The van der Waals surface area contributed by atoms with Crippen molar-refractivity contribution < 1.29 is 22.6 Å². The number of benzene rings is 4. The van der Waals surface area contributed by atoms with Gasteiger partial charge in [0.25, 0.3) is 0 Å². The first-order valence-electron chi connectivity index (χ1n) is 13.6. The molecule has 0 fully saturated rings. The largest absolute Gasteiger partial charge is 0.493 e. The van der Waals surface area contributed by atoms with Gasteiger partial charge in [0.2, 0.25) is 15.8 Å². The Hall–Kier alpha value is -4.28. The number of nitrogens with zero attached hydrogens (tertiary/aromatic N) is 2. The van der Waals surface area contributed by atoms with E-state index in [2.05, 4.69) is 4.98 Å². The number of rotatable bonds is 11. The van der Waals surface area contributed by atoms with E-state index in [1.807, 2.05) is 66.7 Å². The molecule has 0 aliphatic rings. The van der Waals surface area contributed by atoms with E-state index in [-0.39, 0.29) is 42.8 Å². The summed E-state index contributed by atoms with van der Waals surface area (Å²) in [6, 6.07) is 29.6. The number of aromatic nitrogens is 1. The van der Waals surface area contributed by atoms with Crippen molar-refractivity contribution in [1.82, 2.24) is 9.29 Å². The van der Waals surface area contributed by atoms with Crippen molar-refractivity contribution in [2.45, 2.75) is 18.0 Å². The second-order valence-electron chi connectivity index (χ2n) is 9.89. The lowest BCUT2D eigenvalue weighted by Crippen LogP contribution is -2.30. The van der Waals surface area contributed by atoms with Crippen LogP contribution in [0.25, 0.3) is 22.3 Å². The third-order valence-electron chi connectivity index (χ3n) is 7.13. The van der Waals surface area contributed by atoms with Crippen molar-refractivity contribution >= 4 is 40.5 Å². The molecule has 8 nitrogen and oxygen atoms in total. The van der Waals surface area contributed by atoms with E-state index in [0.717, 1.165) is 33.4 Å². The Morgan fingerprint density at radius 1 is 0.667 bits per heavy atom. The first-order chi connectivity index (χ1) is 20.8. The molecule has 0 spiro atoms. The first kappa shape index (κ1) is 35.2. The molecule has 0 aliphatic carbocycles. The van der Waals surface area contributed by atoms with E-state index in [0.29, 0.717) is 22.9 Å². The molecule has 45 heavy (non-hydrogen) atoms. The molecule has 1 aromatic heterocycles. The molecule has 0 unspecified atom stereocenters. The molecule has 0 radical (unpaired) electrons. The number of anilines is 1. The maximum atomic E-state index is 14.0. The van der Waals surface area contributed by atoms with Crippen LogP contribution in [0, 0.1) is 0 Å². The smallest absolute Gasteiger partial charge is 0.243 e. The Morgan fingerprint density at radius 2 is 1.18 bits per heavy atom. The summed E-state index contributed by atoms with van der Waals surface area (Å²) < 4.78 is 45.9. The molecule has 11 heteroatoms. The summed E-state index contributed by atoms with van der Waals surface area (Å²) in [6.07, 6.45) is 3.35. The maximum Gasteiger partial charge on any atom is 0.243 e. The van der Waals surface area contributed by atoms with Crippen LogP contribution >= 0.6 is 24.8 Å². The lowest BCUT2D eigenvalue weighted by atomic mass is 10.0. The SMILES string of the molecule is COc1cc(-c2ccc(S(=O)(=O)N(Cc3ccc(-c4ccc(N)cc4)cc3)Cc3cccnc3)cc2)cc(OC)c1OC.Cl.Cl. The van der Waals surface area contributed by atoms with E-state index < -0.39 is 10.0 Å².